The Morgan fingerprint density at radius 2 is 2.19 bits per heavy atom. The molecule has 11 nitrogen and oxygen atoms in total. The number of H-pyrrole nitrogens is 1. The van der Waals surface area contributed by atoms with Gasteiger partial charge in [0.05, 0.1) is 11.9 Å². The highest BCUT2D eigenvalue weighted by Crippen LogP contribution is 2.32. The topological polar surface area (TPSA) is 161 Å². The molecule has 11 heteroatoms. The number of imidazole rings is 1. The lowest BCUT2D eigenvalue weighted by Crippen LogP contribution is -2.34. The third-order valence-corrected chi connectivity index (χ3v) is 4.21. The van der Waals surface area contributed by atoms with Gasteiger partial charge in [-0.25, -0.2) is 19.7 Å². The number of nitrogens with two attached hydrogens (primary N) is 1. The number of hydrogen-bond donors (Lipinski definition) is 4. The number of aromatic amines is 1. The number of aliphatic hydroxyl groups excluding tert-OH is 2. The van der Waals surface area contributed by atoms with Crippen LogP contribution in [0.4, 0.5) is 5.82 Å². The van der Waals surface area contributed by atoms with E-state index in [9.17, 15) is 15.0 Å². The van der Waals surface area contributed by atoms with Crippen LogP contribution in [0.2, 0.25) is 0 Å². The summed E-state index contributed by atoms with van der Waals surface area (Å²) in [6.07, 6.45) is 1.36. The maximum absolute atomic E-state index is 11.9. The quantitative estimate of drug-likeness (QED) is 0.437. The number of nitrogens with one attached hydrogen (secondary N) is 1. The zero-order chi connectivity index (χ0) is 18.3. The molecule has 0 unspecified atom stereocenters. The van der Waals surface area contributed by atoms with Crippen molar-refractivity contribution in [2.45, 2.75) is 24.5 Å². The largest absolute Gasteiger partial charge is 0.459 e. The van der Waals surface area contributed by atoms with Crippen LogP contribution in [0.15, 0.2) is 31.1 Å². The van der Waals surface area contributed by atoms with Gasteiger partial charge in [-0.3, -0.25) is 4.57 Å². The molecule has 26 heavy (non-hydrogen) atoms. The summed E-state index contributed by atoms with van der Waals surface area (Å²) < 4.78 is 12.3. The Labute approximate surface area is 146 Å². The molecule has 4 rings (SSSR count). The highest BCUT2D eigenvalue weighted by Gasteiger charge is 2.45. The highest BCUT2D eigenvalue weighted by atomic mass is 16.6. The molecule has 1 aliphatic rings. The van der Waals surface area contributed by atoms with Crippen LogP contribution < -0.4 is 5.73 Å². The van der Waals surface area contributed by atoms with Crippen LogP contribution in [-0.2, 0) is 9.47 Å². The molecule has 1 aliphatic heterocycles. The van der Waals surface area contributed by atoms with E-state index >= 15 is 0 Å². The molecule has 0 saturated carbocycles. The number of anilines is 1. The smallest absolute Gasteiger partial charge is 0.339 e. The first-order valence-corrected chi connectivity index (χ1v) is 7.81. The number of esters is 1. The summed E-state index contributed by atoms with van der Waals surface area (Å²) >= 11 is 0. The van der Waals surface area contributed by atoms with Gasteiger partial charge in [0, 0.05) is 12.4 Å². The van der Waals surface area contributed by atoms with E-state index < -0.39 is 30.5 Å². The van der Waals surface area contributed by atoms with Gasteiger partial charge in [-0.1, -0.05) is 0 Å². The molecule has 136 valence electrons. The van der Waals surface area contributed by atoms with Crippen molar-refractivity contribution >= 4 is 23.0 Å². The van der Waals surface area contributed by atoms with Gasteiger partial charge in [0.25, 0.3) is 0 Å². The van der Waals surface area contributed by atoms with E-state index in [4.69, 9.17) is 15.2 Å². The molecule has 0 amide bonds. The number of rotatable bonds is 4. The lowest BCUT2D eigenvalue weighted by atomic mass is 10.1. The van der Waals surface area contributed by atoms with Gasteiger partial charge in [-0.05, 0) is 6.07 Å². The highest BCUT2D eigenvalue weighted by molar-refractivity contribution is 5.89. The fourth-order valence-electron chi connectivity index (χ4n) is 2.84. The summed E-state index contributed by atoms with van der Waals surface area (Å²) in [6, 6.07) is 1.56. The average molecular weight is 360 g/mol. The zero-order valence-electron chi connectivity index (χ0n) is 13.4. The second-order valence-corrected chi connectivity index (χ2v) is 5.83. The third-order valence-electron chi connectivity index (χ3n) is 4.21. The predicted molar refractivity (Wildman–Crippen MR) is 86.7 cm³/mol. The molecule has 0 radical (unpaired) electrons. The fourth-order valence-corrected chi connectivity index (χ4v) is 2.84. The summed E-state index contributed by atoms with van der Waals surface area (Å²) in [6.45, 7) is -0.220. The van der Waals surface area contributed by atoms with Crippen molar-refractivity contribution < 1.29 is 24.5 Å². The number of aliphatic hydroxyl groups is 2. The third kappa shape index (κ3) is 2.67. The standard InChI is InChI=1S/C15H16N6O5/c16-12-9-13(19-5-18-12)21(6-20-9)14-11(23)10(22)8(26-14)4-25-15(24)7-1-2-17-3-7/h1-3,5-6,8,10-11,14,17,22-23H,4H2,(H2,16,18,19)/t8-,10-,11-,14-/m1/s1. The van der Waals surface area contributed by atoms with Gasteiger partial charge in [-0.2, -0.15) is 0 Å². The zero-order valence-corrected chi connectivity index (χ0v) is 13.4. The summed E-state index contributed by atoms with van der Waals surface area (Å²) in [5.74, 6) is -0.368. The van der Waals surface area contributed by atoms with E-state index in [-0.39, 0.29) is 12.4 Å². The molecular weight excluding hydrogens is 344 g/mol. The fraction of sp³-hybridized carbons (Fsp3) is 0.333. The molecule has 4 atom stereocenters. The molecule has 0 bridgehead atoms. The molecule has 3 aromatic heterocycles. The van der Waals surface area contributed by atoms with E-state index in [1.54, 1.807) is 12.3 Å². The summed E-state index contributed by atoms with van der Waals surface area (Å²) in [4.78, 5) is 26.7. The predicted octanol–water partition coefficient (Wildman–Crippen LogP) is -0.787. The molecular formula is C15H16N6O5. The number of fused-ring (bicyclic) bond motifs is 1. The van der Waals surface area contributed by atoms with E-state index in [2.05, 4.69) is 19.9 Å². The normalized spacial score (nSPS) is 25.6. The maximum atomic E-state index is 11.9. The van der Waals surface area contributed by atoms with Crippen molar-refractivity contribution in [2.75, 3.05) is 12.3 Å². The number of nitrogen functional groups attached to an aromatic ring is 1. The second-order valence-electron chi connectivity index (χ2n) is 5.83. The van der Waals surface area contributed by atoms with Crippen molar-refractivity contribution in [1.82, 2.24) is 24.5 Å². The lowest BCUT2D eigenvalue weighted by Gasteiger charge is -2.16. The van der Waals surface area contributed by atoms with Gasteiger partial charge >= 0.3 is 5.97 Å². The maximum Gasteiger partial charge on any atom is 0.339 e. The Bertz CT molecular complexity index is 926. The van der Waals surface area contributed by atoms with Crippen molar-refractivity contribution in [2.24, 2.45) is 0 Å². The van der Waals surface area contributed by atoms with Crippen molar-refractivity contribution in [3.63, 3.8) is 0 Å². The molecule has 0 aliphatic carbocycles. The van der Waals surface area contributed by atoms with E-state index in [0.717, 1.165) is 0 Å². The molecule has 5 N–H and O–H groups in total. The second kappa shape index (κ2) is 6.37. The number of aromatic nitrogens is 5. The lowest BCUT2D eigenvalue weighted by molar-refractivity contribution is -0.0565. The Morgan fingerprint density at radius 3 is 2.96 bits per heavy atom. The van der Waals surface area contributed by atoms with E-state index in [1.165, 1.54) is 23.4 Å². The van der Waals surface area contributed by atoms with Gasteiger partial charge < -0.3 is 30.4 Å². The number of nitrogens with zero attached hydrogens (tertiary/aromatic N) is 4. The van der Waals surface area contributed by atoms with Gasteiger partial charge in [-0.15, -0.1) is 0 Å². The van der Waals surface area contributed by atoms with Gasteiger partial charge in [0.2, 0.25) is 0 Å². The first-order chi connectivity index (χ1) is 12.6. The molecule has 1 fully saturated rings. The first kappa shape index (κ1) is 16.4. The minimum absolute atomic E-state index is 0.193. The Hall–Kier alpha value is -3.02. The van der Waals surface area contributed by atoms with Crippen LogP contribution in [0, 0.1) is 0 Å². The molecule has 0 aromatic carbocycles. The van der Waals surface area contributed by atoms with E-state index in [1.807, 2.05) is 0 Å². The van der Waals surface area contributed by atoms with Crippen LogP contribution in [-0.4, -0.2) is 65.6 Å². The number of ether oxygens (including phenoxy) is 2. The summed E-state index contributed by atoms with van der Waals surface area (Å²) in [5.41, 5.74) is 6.82. The number of carbonyl (C=O) groups is 1. The van der Waals surface area contributed by atoms with Crippen molar-refractivity contribution in [1.29, 1.82) is 0 Å². The Balaban J connectivity index is 1.50. The molecule has 4 heterocycles. The molecule has 0 spiro atoms. The number of hydrogen-bond acceptors (Lipinski definition) is 9. The average Bonchev–Trinajstić information content (AvgIpc) is 3.35. The van der Waals surface area contributed by atoms with Crippen LogP contribution in [0.1, 0.15) is 16.6 Å². The Morgan fingerprint density at radius 1 is 1.35 bits per heavy atom. The van der Waals surface area contributed by atoms with Crippen molar-refractivity contribution in [3.05, 3.63) is 36.7 Å². The van der Waals surface area contributed by atoms with E-state index in [0.29, 0.717) is 16.7 Å². The summed E-state index contributed by atoms with van der Waals surface area (Å²) in [5, 5.41) is 20.6. The number of carbonyl (C=O) groups excluding carboxylic acids is 1. The van der Waals surface area contributed by atoms with Crippen LogP contribution in [0.25, 0.3) is 11.2 Å². The first-order valence-electron chi connectivity index (χ1n) is 7.81. The van der Waals surface area contributed by atoms with Gasteiger partial charge in [0.15, 0.2) is 17.7 Å². The SMILES string of the molecule is Nc1ncnc2c1ncn2[C@@H]1O[C@H](COC(=O)c2cc[nH]c2)[C@@H](O)[C@H]1O. The van der Waals surface area contributed by atoms with Crippen LogP contribution >= 0.6 is 0 Å². The van der Waals surface area contributed by atoms with Crippen LogP contribution in [0.3, 0.4) is 0 Å². The van der Waals surface area contributed by atoms with Crippen LogP contribution in [0.5, 0.6) is 0 Å². The van der Waals surface area contributed by atoms with Gasteiger partial charge in [0.1, 0.15) is 36.8 Å². The van der Waals surface area contributed by atoms with Crippen molar-refractivity contribution in [3.8, 4) is 0 Å². The minimum Gasteiger partial charge on any atom is -0.459 e. The minimum atomic E-state index is -1.26. The Kier molecular flexibility index (Phi) is 4.03. The monoisotopic (exact) mass is 360 g/mol. The molecule has 3 aromatic rings. The summed E-state index contributed by atoms with van der Waals surface area (Å²) in [7, 11) is 0. The molecule has 1 saturated heterocycles.